The highest BCUT2D eigenvalue weighted by atomic mass is 32.9. The molecule has 0 aliphatic carbocycles. The van der Waals surface area contributed by atoms with Gasteiger partial charge in [0.05, 0.1) is 9.79 Å². The zero-order chi connectivity index (χ0) is 25.7. The van der Waals surface area contributed by atoms with E-state index in [4.69, 9.17) is 0 Å². The van der Waals surface area contributed by atoms with Crippen LogP contribution in [0.15, 0.2) is 75.5 Å². The molecule has 0 bridgehead atoms. The summed E-state index contributed by atoms with van der Waals surface area (Å²) in [5.41, 5.74) is 3.27. The van der Waals surface area contributed by atoms with Crippen molar-refractivity contribution in [3.8, 4) is 0 Å². The van der Waals surface area contributed by atoms with Crippen LogP contribution in [0.3, 0.4) is 0 Å². The Hall–Kier alpha value is -1.81. The molecule has 1 aliphatic rings. The van der Waals surface area contributed by atoms with E-state index < -0.39 is 20.0 Å². The molecular formula is C22H19N3O4S7. The molecule has 2 aromatic heterocycles. The average molecular weight is 614 g/mol. The van der Waals surface area contributed by atoms with Gasteiger partial charge in [-0.1, -0.05) is 88.5 Å². The highest BCUT2D eigenvalue weighted by Crippen LogP contribution is 2.51. The fourth-order valence-corrected chi connectivity index (χ4v) is 13.1. The van der Waals surface area contributed by atoms with Gasteiger partial charge in [-0.15, -0.1) is 8.80 Å². The number of benzene rings is 2. The summed E-state index contributed by atoms with van der Waals surface area (Å²) in [6.07, 6.45) is 0. The van der Waals surface area contributed by atoms with Gasteiger partial charge in [-0.05, 0) is 45.0 Å². The molecule has 7 nitrogen and oxygen atoms in total. The lowest BCUT2D eigenvalue weighted by molar-refractivity contribution is 0.595. The van der Waals surface area contributed by atoms with Crippen molar-refractivity contribution in [1.82, 2.24) is 0 Å². The Morgan fingerprint density at radius 2 is 1.06 bits per heavy atom. The van der Waals surface area contributed by atoms with Crippen molar-refractivity contribution in [2.45, 2.75) is 39.0 Å². The van der Waals surface area contributed by atoms with Crippen LogP contribution < -0.4 is 14.2 Å². The van der Waals surface area contributed by atoms with Crippen molar-refractivity contribution < 1.29 is 16.8 Å². The van der Waals surface area contributed by atoms with Crippen molar-refractivity contribution in [3.05, 3.63) is 69.0 Å². The normalized spacial score (nSPS) is 14.7. The number of aryl methyl sites for hydroxylation is 2. The van der Waals surface area contributed by atoms with Crippen LogP contribution >= 0.6 is 53.1 Å². The predicted octanol–water partition coefficient (Wildman–Crippen LogP) is 5.75. The van der Waals surface area contributed by atoms with E-state index in [2.05, 4.69) is 8.80 Å². The quantitative estimate of drug-likeness (QED) is 0.266. The molecule has 0 unspecified atom stereocenters. The molecule has 14 heteroatoms. The van der Waals surface area contributed by atoms with Gasteiger partial charge in [-0.25, -0.2) is 0 Å². The van der Waals surface area contributed by atoms with Crippen molar-refractivity contribution in [3.63, 3.8) is 0 Å². The minimum atomic E-state index is -3.92. The maximum atomic E-state index is 13.0. The van der Waals surface area contributed by atoms with E-state index in [1.54, 1.807) is 48.5 Å². The largest absolute Gasteiger partial charge is 0.334 e. The summed E-state index contributed by atoms with van der Waals surface area (Å²) < 4.78 is 63.2. The third-order valence-corrected chi connectivity index (χ3v) is 14.7. The zero-order valence-electron chi connectivity index (χ0n) is 19.2. The molecule has 0 radical (unpaired) electrons. The van der Waals surface area contributed by atoms with Crippen LogP contribution in [-0.2, 0) is 20.0 Å². The first kappa shape index (κ1) is 25.8. The van der Waals surface area contributed by atoms with Crippen LogP contribution in [-0.4, -0.2) is 23.4 Å². The van der Waals surface area contributed by atoms with Crippen LogP contribution in [0.25, 0.3) is 0 Å². The molecule has 0 amide bonds. The zero-order valence-corrected chi connectivity index (χ0v) is 24.9. The summed E-state index contributed by atoms with van der Waals surface area (Å²) in [6.45, 7) is 6.21. The molecule has 5 rings (SSSR count). The second kappa shape index (κ2) is 9.82. The number of fused-ring (bicyclic) bond motifs is 2. The number of hydrogen-bond donors (Lipinski definition) is 0. The Kier molecular flexibility index (Phi) is 7.04. The molecule has 0 saturated carbocycles. The number of rotatable bonds is 5. The topological polar surface area (TPSA) is 96.2 Å². The molecule has 188 valence electrons. The second-order valence-electron chi connectivity index (χ2n) is 7.82. The average Bonchev–Trinajstić information content (AvgIpc) is 3.41. The molecule has 1 aliphatic heterocycles. The molecule has 0 saturated heterocycles. The lowest BCUT2D eigenvalue weighted by atomic mass is 10.2. The Morgan fingerprint density at radius 1 is 0.667 bits per heavy atom. The van der Waals surface area contributed by atoms with Gasteiger partial charge in [0.1, 0.15) is 19.8 Å². The first-order valence-electron chi connectivity index (χ1n) is 10.6. The number of nitrogens with zero attached hydrogens (tertiary/aromatic N) is 3. The van der Waals surface area contributed by atoms with E-state index in [0.717, 1.165) is 19.5 Å². The molecule has 0 fully saturated rings. The molecule has 0 N–H and O–H groups in total. The van der Waals surface area contributed by atoms with Crippen molar-refractivity contribution in [2.75, 3.05) is 11.4 Å². The van der Waals surface area contributed by atoms with Gasteiger partial charge in [-0.2, -0.15) is 16.8 Å². The molecule has 0 spiro atoms. The predicted molar refractivity (Wildman–Crippen MR) is 149 cm³/mol. The van der Waals surface area contributed by atoms with Crippen LogP contribution in [0.4, 0.5) is 11.4 Å². The summed E-state index contributed by atoms with van der Waals surface area (Å²) in [6, 6.07) is 13.2. The second-order valence-corrected chi connectivity index (χ2v) is 16.8. The Balaban J connectivity index is 1.63. The van der Waals surface area contributed by atoms with Crippen molar-refractivity contribution in [1.29, 1.82) is 0 Å². The standard InChI is InChI=1S/C22H19N3O4S7/c1-4-25-17-19(23-35(26,27)15-9-5-13(2)6-10-15)31-33-21(17)30-22-18(25)20(32-34-22)24-36(28,29)16-11-7-14(3)8-12-16/h5-12H,4H2,1-3H3/b23-19-,24-20+. The van der Waals surface area contributed by atoms with Crippen LogP contribution in [0.2, 0.25) is 0 Å². The van der Waals surface area contributed by atoms with E-state index in [1.165, 1.54) is 53.1 Å². The monoisotopic (exact) mass is 613 g/mol. The third kappa shape index (κ3) is 4.87. The molecule has 0 atom stereocenters. The SMILES string of the molecule is CCN1c2c(ss/c2=N\S(=O)(=O)c2ccc(C)cc2)Sc2ss/c(=N/S(=O)(=O)c3ccc(C)cc3)c21. The molecule has 36 heavy (non-hydrogen) atoms. The van der Waals surface area contributed by atoms with Gasteiger partial charge < -0.3 is 4.90 Å². The van der Waals surface area contributed by atoms with Crippen LogP contribution in [0, 0.1) is 13.8 Å². The van der Waals surface area contributed by atoms with Gasteiger partial charge in [0.2, 0.25) is 0 Å². The molecule has 3 heterocycles. The lowest BCUT2D eigenvalue weighted by Crippen LogP contribution is -2.28. The highest BCUT2D eigenvalue weighted by molar-refractivity contribution is 8.06. The lowest BCUT2D eigenvalue weighted by Gasteiger charge is -2.26. The fourth-order valence-electron chi connectivity index (χ4n) is 3.44. The smallest absolute Gasteiger partial charge is 0.283 e. The first-order chi connectivity index (χ1) is 17.1. The summed E-state index contributed by atoms with van der Waals surface area (Å²) in [7, 11) is -2.32. The first-order valence-corrected chi connectivity index (χ1v) is 18.6. The van der Waals surface area contributed by atoms with E-state index in [0.29, 0.717) is 27.3 Å². The summed E-state index contributed by atoms with van der Waals surface area (Å²) >= 11 is 1.50. The Labute approximate surface area is 228 Å². The summed E-state index contributed by atoms with van der Waals surface area (Å²) in [4.78, 5) is 2.18. The highest BCUT2D eigenvalue weighted by Gasteiger charge is 2.31. The molecular weight excluding hydrogens is 595 g/mol. The fraction of sp³-hybridized carbons (Fsp3) is 0.182. The van der Waals surface area contributed by atoms with Gasteiger partial charge in [0, 0.05) is 6.54 Å². The third-order valence-electron chi connectivity index (χ3n) is 5.27. The van der Waals surface area contributed by atoms with Crippen LogP contribution in [0.5, 0.6) is 0 Å². The van der Waals surface area contributed by atoms with Gasteiger partial charge in [0.25, 0.3) is 20.0 Å². The number of anilines is 2. The number of hydrogen-bond acceptors (Lipinski definition) is 10. The van der Waals surface area contributed by atoms with E-state index >= 15 is 0 Å². The Morgan fingerprint density at radius 3 is 1.42 bits per heavy atom. The van der Waals surface area contributed by atoms with Gasteiger partial charge >= 0.3 is 0 Å². The minimum absolute atomic E-state index is 0.130. The molecule has 2 aromatic carbocycles. The molecule has 4 aromatic rings. The van der Waals surface area contributed by atoms with E-state index in [1.807, 2.05) is 25.7 Å². The summed E-state index contributed by atoms with van der Waals surface area (Å²) in [5, 5.41) is 0. The number of sulfonamides is 2. The van der Waals surface area contributed by atoms with Crippen LogP contribution in [0.1, 0.15) is 18.1 Å². The van der Waals surface area contributed by atoms with Gasteiger partial charge in [0.15, 0.2) is 9.34 Å². The Bertz CT molecular complexity index is 1660. The van der Waals surface area contributed by atoms with Crippen molar-refractivity contribution >= 4 is 84.5 Å². The maximum absolute atomic E-state index is 13.0. The summed E-state index contributed by atoms with van der Waals surface area (Å²) in [5.74, 6) is 0. The minimum Gasteiger partial charge on any atom is -0.334 e. The maximum Gasteiger partial charge on any atom is 0.283 e. The van der Waals surface area contributed by atoms with E-state index in [-0.39, 0.29) is 9.79 Å². The van der Waals surface area contributed by atoms with Crippen molar-refractivity contribution in [2.24, 2.45) is 8.80 Å². The van der Waals surface area contributed by atoms with E-state index in [9.17, 15) is 16.8 Å². The van der Waals surface area contributed by atoms with Gasteiger partial charge in [-0.3, -0.25) is 0 Å².